The normalized spacial score (nSPS) is 14.0. The molecule has 0 aliphatic heterocycles. The first-order chi connectivity index (χ1) is 13.5. The summed E-state index contributed by atoms with van der Waals surface area (Å²) in [4.78, 5) is 24.5. The fourth-order valence-electron chi connectivity index (χ4n) is 2.58. The van der Waals surface area contributed by atoms with Gasteiger partial charge in [-0.1, -0.05) is 58.0 Å². The van der Waals surface area contributed by atoms with Gasteiger partial charge in [-0.25, -0.2) is 4.79 Å². The highest BCUT2D eigenvalue weighted by molar-refractivity contribution is 6.74. The summed E-state index contributed by atoms with van der Waals surface area (Å²) in [6.45, 7) is 14.9. The number of alkyl carbamates (subject to hydrolysis) is 1. The zero-order chi connectivity index (χ0) is 22.1. The van der Waals surface area contributed by atoms with Gasteiger partial charge >= 0.3 is 12.1 Å². The fraction of sp³-hybridized carbons (Fsp3) is 0.636. The van der Waals surface area contributed by atoms with Crippen LogP contribution in [0.2, 0.25) is 18.1 Å². The van der Waals surface area contributed by atoms with Gasteiger partial charge in [-0.3, -0.25) is 4.79 Å². The molecule has 0 bridgehead atoms. The molecule has 164 valence electrons. The van der Waals surface area contributed by atoms with E-state index >= 15 is 0 Å². The van der Waals surface area contributed by atoms with Gasteiger partial charge in [-0.05, 0) is 37.0 Å². The van der Waals surface area contributed by atoms with E-state index in [2.05, 4.69) is 39.2 Å². The van der Waals surface area contributed by atoms with Crippen LogP contribution in [-0.4, -0.2) is 39.1 Å². The molecule has 0 aliphatic carbocycles. The zero-order valence-electron chi connectivity index (χ0n) is 18.9. The van der Waals surface area contributed by atoms with E-state index in [1.54, 1.807) is 6.92 Å². The van der Waals surface area contributed by atoms with Crippen molar-refractivity contribution in [2.75, 3.05) is 6.61 Å². The number of ether oxygens (including phenoxy) is 2. The van der Waals surface area contributed by atoms with Crippen molar-refractivity contribution in [2.45, 2.75) is 84.3 Å². The van der Waals surface area contributed by atoms with Gasteiger partial charge in [0, 0.05) is 0 Å². The maximum Gasteiger partial charge on any atom is 0.407 e. The van der Waals surface area contributed by atoms with Gasteiger partial charge in [0.05, 0.1) is 25.2 Å². The minimum absolute atomic E-state index is 0.0218. The Morgan fingerprint density at radius 1 is 1.07 bits per heavy atom. The number of amides is 1. The Labute approximate surface area is 176 Å². The molecule has 29 heavy (non-hydrogen) atoms. The van der Waals surface area contributed by atoms with Gasteiger partial charge in [0.15, 0.2) is 8.32 Å². The van der Waals surface area contributed by atoms with E-state index in [1.807, 2.05) is 37.3 Å². The lowest BCUT2D eigenvalue weighted by molar-refractivity contribution is -0.145. The summed E-state index contributed by atoms with van der Waals surface area (Å²) in [6, 6.07) is 9.15. The molecule has 7 heteroatoms. The first-order valence-corrected chi connectivity index (χ1v) is 13.2. The second-order valence-electron chi connectivity index (χ2n) is 8.65. The Hall–Kier alpha value is -1.86. The van der Waals surface area contributed by atoms with Crippen molar-refractivity contribution in [2.24, 2.45) is 0 Å². The number of carbonyl (C=O) groups is 2. The van der Waals surface area contributed by atoms with E-state index in [9.17, 15) is 9.59 Å². The topological polar surface area (TPSA) is 73.9 Å². The minimum Gasteiger partial charge on any atom is -0.466 e. The van der Waals surface area contributed by atoms with Gasteiger partial charge in [0.1, 0.15) is 6.61 Å². The molecule has 0 aliphatic rings. The summed E-state index contributed by atoms with van der Waals surface area (Å²) >= 11 is 0. The third-order valence-corrected chi connectivity index (χ3v) is 9.83. The largest absolute Gasteiger partial charge is 0.466 e. The van der Waals surface area contributed by atoms with Crippen molar-refractivity contribution in [3.05, 3.63) is 35.9 Å². The predicted molar refractivity (Wildman–Crippen MR) is 117 cm³/mol. The number of nitrogens with one attached hydrogen (secondary N) is 1. The number of carbonyl (C=O) groups excluding carboxylic acids is 2. The van der Waals surface area contributed by atoms with Crippen molar-refractivity contribution in [1.82, 2.24) is 5.32 Å². The third-order valence-electron chi connectivity index (χ3n) is 5.33. The molecule has 0 heterocycles. The number of hydrogen-bond donors (Lipinski definition) is 1. The van der Waals surface area contributed by atoms with E-state index in [4.69, 9.17) is 13.9 Å². The molecule has 1 unspecified atom stereocenters. The fourth-order valence-corrected chi connectivity index (χ4v) is 3.94. The number of benzene rings is 1. The molecule has 1 amide bonds. The molecule has 1 N–H and O–H groups in total. The molecule has 0 spiro atoms. The van der Waals surface area contributed by atoms with Gasteiger partial charge in [0.25, 0.3) is 0 Å². The summed E-state index contributed by atoms with van der Waals surface area (Å²) < 4.78 is 17.0. The SMILES string of the molecule is CCOC(=O)CC(O[Si](C)(C)C(C)(C)C)[C@H](CC)NC(=O)OCc1ccccc1. The first kappa shape index (κ1) is 25.2. The summed E-state index contributed by atoms with van der Waals surface area (Å²) in [7, 11) is -2.16. The minimum atomic E-state index is -2.16. The van der Waals surface area contributed by atoms with Gasteiger partial charge in [0.2, 0.25) is 0 Å². The van der Waals surface area contributed by atoms with Crippen molar-refractivity contribution in [3.63, 3.8) is 0 Å². The van der Waals surface area contributed by atoms with Crippen LogP contribution in [0.1, 0.15) is 53.0 Å². The molecule has 1 aromatic carbocycles. The number of esters is 1. The van der Waals surface area contributed by atoms with Gasteiger partial charge in [-0.15, -0.1) is 0 Å². The van der Waals surface area contributed by atoms with Crippen LogP contribution >= 0.6 is 0 Å². The Bertz CT molecular complexity index is 642. The Morgan fingerprint density at radius 3 is 2.21 bits per heavy atom. The van der Waals surface area contributed by atoms with Gasteiger partial charge in [-0.2, -0.15) is 0 Å². The van der Waals surface area contributed by atoms with Crippen molar-refractivity contribution >= 4 is 20.4 Å². The highest BCUT2D eigenvalue weighted by atomic mass is 28.4. The molecule has 0 saturated heterocycles. The summed E-state index contributed by atoms with van der Waals surface area (Å²) in [5.41, 5.74) is 0.913. The average molecular weight is 424 g/mol. The standard InChI is InChI=1S/C22H37NO5Si/c1-8-18(23-21(25)27-16-17-13-11-10-12-14-17)19(15-20(24)26-9-2)28-29(6,7)22(3,4)5/h10-14,18-19H,8-9,15-16H2,1-7H3,(H,23,25)/t18-,19?/m0/s1. The van der Waals surface area contributed by atoms with E-state index < -0.39 is 20.5 Å². The Balaban J connectivity index is 2.85. The maximum atomic E-state index is 12.4. The van der Waals surface area contributed by atoms with E-state index in [-0.39, 0.29) is 30.1 Å². The Kier molecular flexibility index (Phi) is 9.86. The molecule has 0 saturated carbocycles. The van der Waals surface area contributed by atoms with Crippen LogP contribution < -0.4 is 5.32 Å². The smallest absolute Gasteiger partial charge is 0.407 e. The molecule has 2 atom stereocenters. The quantitative estimate of drug-likeness (QED) is 0.422. The number of hydrogen-bond acceptors (Lipinski definition) is 5. The monoisotopic (exact) mass is 423 g/mol. The molecule has 1 rings (SSSR count). The lowest BCUT2D eigenvalue weighted by Crippen LogP contribution is -2.52. The second kappa shape index (κ2) is 11.4. The van der Waals surface area contributed by atoms with Crippen molar-refractivity contribution in [3.8, 4) is 0 Å². The van der Waals surface area contributed by atoms with Crippen LogP contribution in [0.25, 0.3) is 0 Å². The molecule has 0 radical (unpaired) electrons. The highest BCUT2D eigenvalue weighted by Crippen LogP contribution is 2.38. The van der Waals surface area contributed by atoms with Gasteiger partial charge < -0.3 is 19.2 Å². The van der Waals surface area contributed by atoms with Crippen molar-refractivity contribution in [1.29, 1.82) is 0 Å². The predicted octanol–water partition coefficient (Wildman–Crippen LogP) is 5.04. The highest BCUT2D eigenvalue weighted by Gasteiger charge is 2.41. The lowest BCUT2D eigenvalue weighted by atomic mass is 10.1. The van der Waals surface area contributed by atoms with Crippen LogP contribution in [0.5, 0.6) is 0 Å². The lowest BCUT2D eigenvalue weighted by Gasteiger charge is -2.41. The molecule has 0 aromatic heterocycles. The van der Waals surface area contributed by atoms with E-state index in [0.717, 1.165) is 5.56 Å². The van der Waals surface area contributed by atoms with Crippen LogP contribution in [0, 0.1) is 0 Å². The molecular formula is C22H37NO5Si. The molecular weight excluding hydrogens is 386 g/mol. The third kappa shape index (κ3) is 8.58. The van der Waals surface area contributed by atoms with E-state index in [0.29, 0.717) is 13.0 Å². The van der Waals surface area contributed by atoms with Crippen LogP contribution in [-0.2, 0) is 25.3 Å². The van der Waals surface area contributed by atoms with Crippen molar-refractivity contribution < 1.29 is 23.5 Å². The summed E-state index contributed by atoms with van der Waals surface area (Å²) in [6.07, 6.45) is -0.283. The first-order valence-electron chi connectivity index (χ1n) is 10.3. The maximum absolute atomic E-state index is 12.4. The molecule has 0 fully saturated rings. The Morgan fingerprint density at radius 2 is 1.69 bits per heavy atom. The summed E-state index contributed by atoms with van der Waals surface area (Å²) in [5, 5.41) is 2.87. The van der Waals surface area contributed by atoms with E-state index in [1.165, 1.54) is 0 Å². The molecule has 6 nitrogen and oxygen atoms in total. The molecule has 1 aromatic rings. The van der Waals surface area contributed by atoms with Crippen LogP contribution in [0.4, 0.5) is 4.79 Å². The van der Waals surface area contributed by atoms with Crippen LogP contribution in [0.15, 0.2) is 30.3 Å². The summed E-state index contributed by atoms with van der Waals surface area (Å²) in [5.74, 6) is -0.325. The average Bonchev–Trinajstić information content (AvgIpc) is 2.64. The van der Waals surface area contributed by atoms with Crippen LogP contribution in [0.3, 0.4) is 0 Å². The number of rotatable bonds is 10. The second-order valence-corrected chi connectivity index (χ2v) is 13.4. The zero-order valence-corrected chi connectivity index (χ0v) is 19.9.